The first-order chi connectivity index (χ1) is 9.17. The number of benzene rings is 1. The van der Waals surface area contributed by atoms with Crippen molar-refractivity contribution in [2.75, 3.05) is 19.6 Å². The van der Waals surface area contributed by atoms with Gasteiger partial charge in [0.05, 0.1) is 0 Å². The van der Waals surface area contributed by atoms with Crippen molar-refractivity contribution >= 4 is 0 Å². The second-order valence-electron chi connectivity index (χ2n) is 6.23. The Hall–Kier alpha value is -0.860. The van der Waals surface area contributed by atoms with E-state index in [1.165, 1.54) is 50.0 Å². The number of hydrogen-bond donors (Lipinski definition) is 1. The zero-order valence-electron chi connectivity index (χ0n) is 12.5. The molecule has 0 unspecified atom stereocenters. The van der Waals surface area contributed by atoms with E-state index in [1.54, 1.807) is 0 Å². The van der Waals surface area contributed by atoms with Crippen LogP contribution in [0.15, 0.2) is 24.3 Å². The lowest BCUT2D eigenvalue weighted by atomic mass is 9.78. The van der Waals surface area contributed by atoms with Crippen LogP contribution in [0.25, 0.3) is 0 Å². The van der Waals surface area contributed by atoms with Crippen LogP contribution < -0.4 is 5.73 Å². The van der Waals surface area contributed by atoms with Crippen LogP contribution in [-0.4, -0.2) is 24.5 Å². The Labute approximate surface area is 118 Å². The molecule has 1 aliphatic rings. The summed E-state index contributed by atoms with van der Waals surface area (Å²) >= 11 is 0. The minimum atomic E-state index is 0.589. The first-order valence-electron chi connectivity index (χ1n) is 7.66. The van der Waals surface area contributed by atoms with E-state index in [0.29, 0.717) is 12.0 Å². The quantitative estimate of drug-likeness (QED) is 0.881. The summed E-state index contributed by atoms with van der Waals surface area (Å²) in [4.78, 5) is 2.62. The average molecular weight is 260 g/mol. The maximum atomic E-state index is 5.80. The van der Waals surface area contributed by atoms with Gasteiger partial charge in [0.2, 0.25) is 0 Å². The van der Waals surface area contributed by atoms with E-state index >= 15 is 0 Å². The highest BCUT2D eigenvalue weighted by Gasteiger charge is 2.27. The van der Waals surface area contributed by atoms with Crippen LogP contribution in [0.1, 0.15) is 44.2 Å². The molecule has 19 heavy (non-hydrogen) atoms. The fraction of sp³-hybridized carbons (Fsp3) is 0.647. The first-order valence-corrected chi connectivity index (χ1v) is 7.66. The fourth-order valence-corrected chi connectivity index (χ4v) is 2.95. The summed E-state index contributed by atoms with van der Waals surface area (Å²) in [6.45, 7) is 9.12. The summed E-state index contributed by atoms with van der Waals surface area (Å²) in [5.41, 5.74) is 9.12. The molecule has 1 aliphatic heterocycles. The summed E-state index contributed by atoms with van der Waals surface area (Å²) < 4.78 is 0. The molecule has 1 heterocycles. The molecule has 1 saturated heterocycles. The molecule has 0 amide bonds. The zero-order valence-corrected chi connectivity index (χ0v) is 12.5. The van der Waals surface area contributed by atoms with Gasteiger partial charge in [-0.05, 0) is 48.9 Å². The molecule has 1 aromatic rings. The molecule has 2 N–H and O–H groups in total. The Balaban J connectivity index is 1.84. The highest BCUT2D eigenvalue weighted by molar-refractivity contribution is 5.27. The van der Waals surface area contributed by atoms with Gasteiger partial charge in [0.1, 0.15) is 0 Å². The second-order valence-corrected chi connectivity index (χ2v) is 6.23. The van der Waals surface area contributed by atoms with Gasteiger partial charge in [-0.25, -0.2) is 0 Å². The lowest BCUT2D eigenvalue weighted by molar-refractivity contribution is 0.116. The molecule has 0 spiro atoms. The summed E-state index contributed by atoms with van der Waals surface area (Å²) in [5, 5.41) is 0. The SMILES string of the molecule is CCC1(C)CCN(CCc2ccccc2CN)CC1. The molecule has 1 aromatic carbocycles. The van der Waals surface area contributed by atoms with Crippen molar-refractivity contribution in [3.8, 4) is 0 Å². The molecule has 0 bridgehead atoms. The van der Waals surface area contributed by atoms with Crippen molar-refractivity contribution in [1.82, 2.24) is 4.90 Å². The molecule has 1 fully saturated rings. The monoisotopic (exact) mass is 260 g/mol. The smallest absolute Gasteiger partial charge is 0.0180 e. The van der Waals surface area contributed by atoms with Gasteiger partial charge in [0.25, 0.3) is 0 Å². The Kier molecular flexibility index (Phi) is 5.00. The van der Waals surface area contributed by atoms with Gasteiger partial charge in [-0.3, -0.25) is 0 Å². The van der Waals surface area contributed by atoms with Gasteiger partial charge in [-0.1, -0.05) is 44.5 Å². The predicted molar refractivity (Wildman–Crippen MR) is 82.1 cm³/mol. The van der Waals surface area contributed by atoms with Crippen molar-refractivity contribution in [3.63, 3.8) is 0 Å². The van der Waals surface area contributed by atoms with E-state index in [4.69, 9.17) is 5.73 Å². The van der Waals surface area contributed by atoms with Gasteiger partial charge < -0.3 is 10.6 Å². The topological polar surface area (TPSA) is 29.3 Å². The van der Waals surface area contributed by atoms with Crippen LogP contribution in [0.5, 0.6) is 0 Å². The third-order valence-corrected chi connectivity index (χ3v) is 4.95. The van der Waals surface area contributed by atoms with Crippen molar-refractivity contribution in [3.05, 3.63) is 35.4 Å². The molecule has 0 aliphatic carbocycles. The number of rotatable bonds is 5. The Morgan fingerprint density at radius 3 is 2.37 bits per heavy atom. The van der Waals surface area contributed by atoms with Crippen LogP contribution in [0, 0.1) is 5.41 Å². The maximum absolute atomic E-state index is 5.80. The summed E-state index contributed by atoms with van der Waals surface area (Å²) in [7, 11) is 0. The second kappa shape index (κ2) is 6.53. The fourth-order valence-electron chi connectivity index (χ4n) is 2.95. The van der Waals surface area contributed by atoms with Crippen molar-refractivity contribution < 1.29 is 0 Å². The number of piperidine rings is 1. The molecule has 0 radical (unpaired) electrons. The molecule has 0 atom stereocenters. The number of nitrogens with zero attached hydrogens (tertiary/aromatic N) is 1. The molecule has 2 nitrogen and oxygen atoms in total. The molecular weight excluding hydrogens is 232 g/mol. The number of nitrogens with two attached hydrogens (primary N) is 1. The Morgan fingerprint density at radius 1 is 1.16 bits per heavy atom. The van der Waals surface area contributed by atoms with Gasteiger partial charge in [-0.2, -0.15) is 0 Å². The summed E-state index contributed by atoms with van der Waals surface area (Å²) in [5.74, 6) is 0. The van der Waals surface area contributed by atoms with Crippen molar-refractivity contribution in [1.29, 1.82) is 0 Å². The summed E-state index contributed by atoms with van der Waals surface area (Å²) in [6.07, 6.45) is 5.15. The van der Waals surface area contributed by atoms with Crippen molar-refractivity contribution in [2.45, 2.75) is 46.1 Å². The molecule has 2 rings (SSSR count). The largest absolute Gasteiger partial charge is 0.326 e. The lowest BCUT2D eigenvalue weighted by Crippen LogP contribution is -2.39. The highest BCUT2D eigenvalue weighted by atomic mass is 15.1. The van der Waals surface area contributed by atoms with Gasteiger partial charge in [0, 0.05) is 13.1 Å². The third kappa shape index (κ3) is 3.80. The minimum absolute atomic E-state index is 0.589. The number of hydrogen-bond acceptors (Lipinski definition) is 2. The minimum Gasteiger partial charge on any atom is -0.326 e. The van der Waals surface area contributed by atoms with Crippen LogP contribution in [0.4, 0.5) is 0 Å². The molecule has 0 aromatic heterocycles. The van der Waals surface area contributed by atoms with E-state index in [2.05, 4.69) is 43.0 Å². The van der Waals surface area contributed by atoms with E-state index in [9.17, 15) is 0 Å². The maximum Gasteiger partial charge on any atom is 0.0180 e. The highest BCUT2D eigenvalue weighted by Crippen LogP contribution is 2.33. The van der Waals surface area contributed by atoms with Crippen molar-refractivity contribution in [2.24, 2.45) is 11.1 Å². The van der Waals surface area contributed by atoms with E-state index < -0.39 is 0 Å². The lowest BCUT2D eigenvalue weighted by Gasteiger charge is -2.39. The normalized spacial score (nSPS) is 19.5. The molecule has 0 saturated carbocycles. The van der Waals surface area contributed by atoms with E-state index in [1.807, 2.05) is 0 Å². The van der Waals surface area contributed by atoms with Gasteiger partial charge >= 0.3 is 0 Å². The van der Waals surface area contributed by atoms with Crippen LogP contribution >= 0.6 is 0 Å². The predicted octanol–water partition coefficient (Wildman–Crippen LogP) is 3.20. The Bertz CT molecular complexity index is 392. The molecule has 2 heteroatoms. The standard InChI is InChI=1S/C17H28N2/c1-3-17(2)9-12-19(13-10-17)11-8-15-6-4-5-7-16(15)14-18/h4-7H,3,8-14,18H2,1-2H3. The average Bonchev–Trinajstić information content (AvgIpc) is 2.47. The van der Waals surface area contributed by atoms with Crippen LogP contribution in [-0.2, 0) is 13.0 Å². The third-order valence-electron chi connectivity index (χ3n) is 4.95. The van der Waals surface area contributed by atoms with Crippen LogP contribution in [0.2, 0.25) is 0 Å². The zero-order chi connectivity index (χ0) is 13.7. The summed E-state index contributed by atoms with van der Waals surface area (Å²) in [6, 6.07) is 8.58. The Morgan fingerprint density at radius 2 is 1.79 bits per heavy atom. The van der Waals surface area contributed by atoms with Gasteiger partial charge in [0.15, 0.2) is 0 Å². The van der Waals surface area contributed by atoms with E-state index in [-0.39, 0.29) is 0 Å². The van der Waals surface area contributed by atoms with E-state index in [0.717, 1.165) is 6.42 Å². The van der Waals surface area contributed by atoms with Gasteiger partial charge in [-0.15, -0.1) is 0 Å². The molecular formula is C17H28N2. The first kappa shape index (κ1) is 14.5. The molecule has 106 valence electrons. The van der Waals surface area contributed by atoms with Crippen LogP contribution in [0.3, 0.4) is 0 Å². The number of likely N-dealkylation sites (tertiary alicyclic amines) is 1.